The minimum Gasteiger partial charge on any atom is -0.464 e. The highest BCUT2D eigenvalue weighted by Crippen LogP contribution is 2.25. The molecule has 0 bridgehead atoms. The van der Waals surface area contributed by atoms with E-state index in [0.717, 1.165) is 11.1 Å². The van der Waals surface area contributed by atoms with Crippen LogP contribution in [0.25, 0.3) is 11.3 Å². The Kier molecular flexibility index (Phi) is 2.57. The maximum atomic E-state index is 10.9. The second-order valence-electron chi connectivity index (χ2n) is 3.43. The van der Waals surface area contributed by atoms with Crippen LogP contribution in [0.1, 0.15) is 5.56 Å². The smallest absolute Gasteiger partial charge is 0.294 e. The van der Waals surface area contributed by atoms with Gasteiger partial charge in [0.1, 0.15) is 5.76 Å². The summed E-state index contributed by atoms with van der Waals surface area (Å²) in [5.74, 6) is 0.666. The molecule has 0 atom stereocenters. The van der Waals surface area contributed by atoms with Gasteiger partial charge in [-0.2, -0.15) is 8.42 Å². The molecule has 0 saturated carbocycles. The minimum atomic E-state index is -4.14. The Morgan fingerprint density at radius 3 is 2.50 bits per heavy atom. The van der Waals surface area contributed by atoms with Crippen molar-refractivity contribution in [3.05, 3.63) is 42.2 Å². The molecule has 0 saturated heterocycles. The fourth-order valence-corrected chi connectivity index (χ4v) is 2.07. The molecule has 0 aliphatic heterocycles. The molecule has 0 unspecified atom stereocenters. The van der Waals surface area contributed by atoms with Gasteiger partial charge in [-0.3, -0.25) is 4.55 Å². The van der Waals surface area contributed by atoms with E-state index in [1.54, 1.807) is 31.4 Å². The second kappa shape index (κ2) is 3.77. The molecule has 5 heteroatoms. The molecule has 0 amide bonds. The van der Waals surface area contributed by atoms with Gasteiger partial charge >= 0.3 is 0 Å². The zero-order valence-electron chi connectivity index (χ0n) is 8.54. The Hall–Kier alpha value is -1.59. The van der Waals surface area contributed by atoms with Crippen LogP contribution in [0.4, 0.5) is 0 Å². The van der Waals surface area contributed by atoms with Gasteiger partial charge in [0, 0.05) is 5.56 Å². The zero-order chi connectivity index (χ0) is 11.8. The molecular formula is C11H10O4S. The summed E-state index contributed by atoms with van der Waals surface area (Å²) in [5.41, 5.74) is 1.53. The van der Waals surface area contributed by atoms with E-state index in [-0.39, 0.29) is 4.90 Å². The Morgan fingerprint density at radius 2 is 2.00 bits per heavy atom. The van der Waals surface area contributed by atoms with Crippen LogP contribution < -0.4 is 0 Å². The Morgan fingerprint density at radius 1 is 1.25 bits per heavy atom. The molecular weight excluding hydrogens is 228 g/mol. The second-order valence-corrected chi connectivity index (χ2v) is 4.85. The lowest BCUT2D eigenvalue weighted by Crippen LogP contribution is -1.98. The minimum absolute atomic E-state index is 0.111. The summed E-state index contributed by atoms with van der Waals surface area (Å²) in [5, 5.41) is 0. The molecule has 0 spiro atoms. The summed E-state index contributed by atoms with van der Waals surface area (Å²) in [6.07, 6.45) is 1.55. The molecule has 0 fully saturated rings. The van der Waals surface area contributed by atoms with Crippen molar-refractivity contribution in [2.45, 2.75) is 11.8 Å². The van der Waals surface area contributed by atoms with Crippen molar-refractivity contribution < 1.29 is 17.4 Å². The monoisotopic (exact) mass is 238 g/mol. The molecule has 2 rings (SSSR count). The summed E-state index contributed by atoms with van der Waals surface area (Å²) in [7, 11) is -4.14. The van der Waals surface area contributed by atoms with Crippen LogP contribution >= 0.6 is 0 Å². The predicted octanol–water partition coefficient (Wildman–Crippen LogP) is 2.50. The number of aryl methyl sites for hydroxylation is 1. The van der Waals surface area contributed by atoms with Gasteiger partial charge < -0.3 is 4.42 Å². The fourth-order valence-electron chi connectivity index (χ4n) is 1.50. The quantitative estimate of drug-likeness (QED) is 0.816. The molecule has 0 radical (unpaired) electrons. The molecule has 0 aliphatic carbocycles. The molecule has 0 aliphatic rings. The molecule has 1 heterocycles. The first kappa shape index (κ1) is 10.9. The lowest BCUT2D eigenvalue weighted by molar-refractivity contribution is 0.483. The first-order chi connectivity index (χ1) is 7.48. The van der Waals surface area contributed by atoms with Crippen molar-refractivity contribution in [3.8, 4) is 11.3 Å². The van der Waals surface area contributed by atoms with Crippen LogP contribution in [0, 0.1) is 6.92 Å². The molecule has 1 N–H and O–H groups in total. The summed E-state index contributed by atoms with van der Waals surface area (Å²) >= 11 is 0. The van der Waals surface area contributed by atoms with Gasteiger partial charge in [-0.25, -0.2) is 0 Å². The normalized spacial score (nSPS) is 11.6. The van der Waals surface area contributed by atoms with Crippen molar-refractivity contribution in [2.75, 3.05) is 0 Å². The van der Waals surface area contributed by atoms with Crippen molar-refractivity contribution in [1.82, 2.24) is 0 Å². The van der Waals surface area contributed by atoms with E-state index in [2.05, 4.69) is 0 Å². The standard InChI is InChI=1S/C11H10O4S/c1-8-7-9(16(12,13)14)4-5-10(8)11-3-2-6-15-11/h2-7H,1H3,(H,12,13,14). The predicted molar refractivity (Wildman–Crippen MR) is 58.7 cm³/mol. The van der Waals surface area contributed by atoms with Gasteiger partial charge in [0.2, 0.25) is 0 Å². The number of rotatable bonds is 2. The Labute approximate surface area is 93.3 Å². The molecule has 1 aromatic heterocycles. The van der Waals surface area contributed by atoms with Crippen molar-refractivity contribution in [3.63, 3.8) is 0 Å². The lowest BCUT2D eigenvalue weighted by atomic mass is 10.1. The molecule has 84 valence electrons. The van der Waals surface area contributed by atoms with E-state index < -0.39 is 10.1 Å². The highest BCUT2D eigenvalue weighted by atomic mass is 32.2. The van der Waals surface area contributed by atoms with E-state index >= 15 is 0 Å². The topological polar surface area (TPSA) is 67.5 Å². The molecule has 1 aromatic carbocycles. The van der Waals surface area contributed by atoms with E-state index in [1.807, 2.05) is 0 Å². The van der Waals surface area contributed by atoms with Gasteiger partial charge in [-0.1, -0.05) is 0 Å². The SMILES string of the molecule is Cc1cc(S(=O)(=O)O)ccc1-c1ccco1. The van der Waals surface area contributed by atoms with Gasteiger partial charge in [0.15, 0.2) is 0 Å². The average Bonchev–Trinajstić information content (AvgIpc) is 2.69. The van der Waals surface area contributed by atoms with Crippen LogP contribution in [-0.4, -0.2) is 13.0 Å². The number of furan rings is 1. The average molecular weight is 238 g/mol. The number of hydrogen-bond donors (Lipinski definition) is 1. The van der Waals surface area contributed by atoms with Gasteiger partial charge in [0.25, 0.3) is 10.1 Å². The van der Waals surface area contributed by atoms with Gasteiger partial charge in [-0.15, -0.1) is 0 Å². The third-order valence-electron chi connectivity index (χ3n) is 2.28. The van der Waals surface area contributed by atoms with E-state index in [4.69, 9.17) is 8.97 Å². The van der Waals surface area contributed by atoms with E-state index in [0.29, 0.717) is 5.76 Å². The highest BCUT2D eigenvalue weighted by molar-refractivity contribution is 7.85. The first-order valence-corrected chi connectivity index (χ1v) is 6.04. The van der Waals surface area contributed by atoms with Crippen LogP contribution in [-0.2, 0) is 10.1 Å². The summed E-state index contributed by atoms with van der Waals surface area (Å²) in [6.45, 7) is 1.76. The van der Waals surface area contributed by atoms with Crippen LogP contribution in [0.2, 0.25) is 0 Å². The van der Waals surface area contributed by atoms with Crippen LogP contribution in [0.3, 0.4) is 0 Å². The maximum absolute atomic E-state index is 10.9. The van der Waals surface area contributed by atoms with E-state index in [1.165, 1.54) is 12.1 Å². The van der Waals surface area contributed by atoms with Crippen molar-refractivity contribution in [1.29, 1.82) is 0 Å². The van der Waals surface area contributed by atoms with Gasteiger partial charge in [0.05, 0.1) is 11.2 Å². The maximum Gasteiger partial charge on any atom is 0.294 e. The number of hydrogen-bond acceptors (Lipinski definition) is 3. The van der Waals surface area contributed by atoms with E-state index in [9.17, 15) is 8.42 Å². The summed E-state index contributed by atoms with van der Waals surface area (Å²) in [6, 6.07) is 7.91. The van der Waals surface area contributed by atoms with Gasteiger partial charge in [-0.05, 0) is 42.8 Å². The number of benzene rings is 1. The summed E-state index contributed by atoms with van der Waals surface area (Å²) < 4.78 is 35.9. The fraction of sp³-hybridized carbons (Fsp3) is 0.0909. The molecule has 16 heavy (non-hydrogen) atoms. The highest BCUT2D eigenvalue weighted by Gasteiger charge is 2.12. The summed E-state index contributed by atoms with van der Waals surface area (Å²) in [4.78, 5) is -0.111. The van der Waals surface area contributed by atoms with Crippen molar-refractivity contribution in [2.24, 2.45) is 0 Å². The Bertz CT molecular complexity index is 597. The molecule has 2 aromatic rings. The lowest BCUT2D eigenvalue weighted by Gasteiger charge is -2.04. The largest absolute Gasteiger partial charge is 0.464 e. The Balaban J connectivity index is 2.54. The van der Waals surface area contributed by atoms with Crippen molar-refractivity contribution >= 4 is 10.1 Å². The van der Waals surface area contributed by atoms with Crippen LogP contribution in [0.15, 0.2) is 45.9 Å². The third kappa shape index (κ3) is 2.00. The molecule has 4 nitrogen and oxygen atoms in total. The zero-order valence-corrected chi connectivity index (χ0v) is 9.36. The third-order valence-corrected chi connectivity index (χ3v) is 3.13. The van der Waals surface area contributed by atoms with Crippen LogP contribution in [0.5, 0.6) is 0 Å². The first-order valence-electron chi connectivity index (χ1n) is 4.60.